The summed E-state index contributed by atoms with van der Waals surface area (Å²) in [5.74, 6) is 3.08. The monoisotopic (exact) mass is 245 g/mol. The summed E-state index contributed by atoms with van der Waals surface area (Å²) in [4.78, 5) is 11.1. The summed E-state index contributed by atoms with van der Waals surface area (Å²) in [6.45, 7) is 0.859. The zero-order valence-corrected chi connectivity index (χ0v) is 9.70. The zero-order valence-electron chi connectivity index (χ0n) is 8.12. The summed E-state index contributed by atoms with van der Waals surface area (Å²) in [7, 11) is 0. The molecular weight excluding hydrogens is 234 g/mol. The lowest BCUT2D eigenvalue weighted by atomic mass is 10.1. The van der Waals surface area contributed by atoms with Crippen LogP contribution >= 0.6 is 23.4 Å². The molecule has 1 aromatic heterocycles. The van der Waals surface area contributed by atoms with Crippen molar-refractivity contribution in [1.82, 2.24) is 10.2 Å². The van der Waals surface area contributed by atoms with Crippen LogP contribution in [0.4, 0.5) is 5.69 Å². The van der Waals surface area contributed by atoms with Gasteiger partial charge in [0.15, 0.2) is 0 Å². The van der Waals surface area contributed by atoms with Crippen LogP contribution in [0.1, 0.15) is 6.42 Å². The van der Waals surface area contributed by atoms with Crippen LogP contribution in [0.3, 0.4) is 0 Å². The molecule has 82 valence electrons. The molecule has 0 saturated carbocycles. The van der Waals surface area contributed by atoms with Crippen LogP contribution in [0.2, 0.25) is 5.02 Å². The van der Waals surface area contributed by atoms with Gasteiger partial charge in [-0.25, -0.2) is 5.10 Å². The number of aromatic nitrogens is 2. The van der Waals surface area contributed by atoms with E-state index in [1.807, 2.05) is 11.8 Å². The number of nitrogens with zero attached hydrogens (tertiary/aromatic N) is 1. The van der Waals surface area contributed by atoms with E-state index >= 15 is 0 Å². The standard InChI is InChI=1S/C9H12ClN3OS/c10-8-7(4-12-13-9(8)14)11-3-6-1-2-15-5-6/h4,6H,1-3,5H2,(H2,11,13,14). The highest BCUT2D eigenvalue weighted by molar-refractivity contribution is 7.99. The van der Waals surface area contributed by atoms with Crippen molar-refractivity contribution < 1.29 is 0 Å². The summed E-state index contributed by atoms with van der Waals surface area (Å²) in [5, 5.41) is 9.35. The van der Waals surface area contributed by atoms with E-state index in [1.165, 1.54) is 17.9 Å². The minimum atomic E-state index is -0.345. The van der Waals surface area contributed by atoms with E-state index in [4.69, 9.17) is 11.6 Å². The molecule has 2 N–H and O–H groups in total. The van der Waals surface area contributed by atoms with Crippen molar-refractivity contribution in [2.45, 2.75) is 6.42 Å². The Morgan fingerprint density at radius 2 is 2.60 bits per heavy atom. The quantitative estimate of drug-likeness (QED) is 0.849. The molecule has 0 aliphatic carbocycles. The molecule has 1 atom stereocenters. The minimum Gasteiger partial charge on any atom is -0.382 e. The van der Waals surface area contributed by atoms with Gasteiger partial charge in [0.05, 0.1) is 11.9 Å². The third-order valence-corrected chi connectivity index (χ3v) is 4.01. The lowest BCUT2D eigenvalue weighted by Gasteiger charge is -2.11. The highest BCUT2D eigenvalue weighted by Gasteiger charge is 2.15. The normalized spacial score (nSPS) is 20.5. The van der Waals surface area contributed by atoms with E-state index < -0.39 is 0 Å². The Hall–Kier alpha value is -0.680. The number of halogens is 1. The van der Waals surface area contributed by atoms with Crippen molar-refractivity contribution in [3.05, 3.63) is 21.6 Å². The second-order valence-corrected chi connectivity index (χ2v) is 5.07. The van der Waals surface area contributed by atoms with Crippen molar-refractivity contribution in [1.29, 1.82) is 0 Å². The van der Waals surface area contributed by atoms with Gasteiger partial charge in [0, 0.05) is 6.54 Å². The Labute approximate surface area is 96.8 Å². The summed E-state index contributed by atoms with van der Waals surface area (Å²) >= 11 is 7.80. The molecule has 0 bridgehead atoms. The van der Waals surface area contributed by atoms with Gasteiger partial charge in [-0.2, -0.15) is 16.9 Å². The van der Waals surface area contributed by atoms with Crippen molar-refractivity contribution in [3.63, 3.8) is 0 Å². The van der Waals surface area contributed by atoms with Crippen LogP contribution in [0.15, 0.2) is 11.0 Å². The molecule has 0 spiro atoms. The number of H-pyrrole nitrogens is 1. The smallest absolute Gasteiger partial charge is 0.285 e. The van der Waals surface area contributed by atoms with Gasteiger partial charge < -0.3 is 5.32 Å². The fourth-order valence-corrected chi connectivity index (χ4v) is 2.95. The number of rotatable bonds is 3. The van der Waals surface area contributed by atoms with Gasteiger partial charge >= 0.3 is 0 Å². The van der Waals surface area contributed by atoms with E-state index in [2.05, 4.69) is 15.5 Å². The van der Waals surface area contributed by atoms with Gasteiger partial charge in [0.2, 0.25) is 0 Å². The van der Waals surface area contributed by atoms with Gasteiger partial charge in [-0.1, -0.05) is 11.6 Å². The van der Waals surface area contributed by atoms with Crippen LogP contribution < -0.4 is 10.9 Å². The minimum absolute atomic E-state index is 0.190. The zero-order chi connectivity index (χ0) is 10.7. The molecule has 4 nitrogen and oxygen atoms in total. The highest BCUT2D eigenvalue weighted by atomic mass is 35.5. The van der Waals surface area contributed by atoms with E-state index in [-0.39, 0.29) is 10.6 Å². The summed E-state index contributed by atoms with van der Waals surface area (Å²) in [5.41, 5.74) is 0.278. The number of anilines is 1. The van der Waals surface area contributed by atoms with E-state index in [0.717, 1.165) is 6.54 Å². The van der Waals surface area contributed by atoms with Crippen molar-refractivity contribution in [3.8, 4) is 0 Å². The molecule has 0 radical (unpaired) electrons. The molecule has 0 amide bonds. The maximum absolute atomic E-state index is 11.1. The number of hydrogen-bond donors (Lipinski definition) is 2. The first kappa shape index (κ1) is 10.8. The summed E-state index contributed by atoms with van der Waals surface area (Å²) in [6.07, 6.45) is 2.78. The highest BCUT2D eigenvalue weighted by Crippen LogP contribution is 2.24. The van der Waals surface area contributed by atoms with Crippen LogP contribution in [0.5, 0.6) is 0 Å². The van der Waals surface area contributed by atoms with Crippen LogP contribution in [-0.4, -0.2) is 28.2 Å². The maximum Gasteiger partial charge on any atom is 0.285 e. The molecule has 1 fully saturated rings. The molecule has 1 aliphatic heterocycles. The van der Waals surface area contributed by atoms with Crippen molar-refractivity contribution in [2.75, 3.05) is 23.4 Å². The number of nitrogens with one attached hydrogen (secondary N) is 2. The number of hydrogen-bond acceptors (Lipinski definition) is 4. The lowest BCUT2D eigenvalue weighted by molar-refractivity contribution is 0.631. The first-order valence-electron chi connectivity index (χ1n) is 4.82. The molecule has 15 heavy (non-hydrogen) atoms. The van der Waals surface area contributed by atoms with E-state index in [0.29, 0.717) is 11.6 Å². The van der Waals surface area contributed by atoms with Crippen LogP contribution in [-0.2, 0) is 0 Å². The Bertz CT molecular complexity index is 389. The van der Waals surface area contributed by atoms with Gasteiger partial charge in [0.1, 0.15) is 5.02 Å². The van der Waals surface area contributed by atoms with E-state index in [1.54, 1.807) is 6.20 Å². The molecule has 1 aliphatic rings. The predicted octanol–water partition coefficient (Wildman–Crippen LogP) is 1.59. The van der Waals surface area contributed by atoms with Crippen molar-refractivity contribution >= 4 is 29.1 Å². The Morgan fingerprint density at radius 1 is 1.73 bits per heavy atom. The molecule has 2 rings (SSSR count). The largest absolute Gasteiger partial charge is 0.382 e. The topological polar surface area (TPSA) is 57.8 Å². The average Bonchev–Trinajstić information content (AvgIpc) is 2.73. The molecular formula is C9H12ClN3OS. The second-order valence-electron chi connectivity index (χ2n) is 3.54. The maximum atomic E-state index is 11.1. The fourth-order valence-electron chi connectivity index (χ4n) is 1.51. The van der Waals surface area contributed by atoms with Gasteiger partial charge in [-0.3, -0.25) is 4.79 Å². The Kier molecular flexibility index (Phi) is 3.53. The Balaban J connectivity index is 1.98. The summed E-state index contributed by atoms with van der Waals surface area (Å²) in [6, 6.07) is 0. The number of aromatic amines is 1. The van der Waals surface area contributed by atoms with Crippen LogP contribution in [0, 0.1) is 5.92 Å². The Morgan fingerprint density at radius 3 is 3.33 bits per heavy atom. The SMILES string of the molecule is O=c1[nH]ncc(NCC2CCSC2)c1Cl. The lowest BCUT2D eigenvalue weighted by Crippen LogP contribution is -2.17. The van der Waals surface area contributed by atoms with Gasteiger partial charge in [-0.15, -0.1) is 0 Å². The molecule has 1 unspecified atom stereocenters. The second kappa shape index (κ2) is 4.90. The van der Waals surface area contributed by atoms with Crippen molar-refractivity contribution in [2.24, 2.45) is 5.92 Å². The van der Waals surface area contributed by atoms with Crippen LogP contribution in [0.25, 0.3) is 0 Å². The number of thioether (sulfide) groups is 1. The van der Waals surface area contributed by atoms with Gasteiger partial charge in [-0.05, 0) is 23.8 Å². The average molecular weight is 246 g/mol. The predicted molar refractivity (Wildman–Crippen MR) is 63.8 cm³/mol. The fraction of sp³-hybridized carbons (Fsp3) is 0.556. The van der Waals surface area contributed by atoms with E-state index in [9.17, 15) is 4.79 Å². The molecule has 2 heterocycles. The molecule has 0 aromatic carbocycles. The third kappa shape index (κ3) is 2.66. The molecule has 1 saturated heterocycles. The summed E-state index contributed by atoms with van der Waals surface area (Å²) < 4.78 is 0. The molecule has 1 aromatic rings. The third-order valence-electron chi connectivity index (χ3n) is 2.40. The first-order valence-corrected chi connectivity index (χ1v) is 6.35. The first-order chi connectivity index (χ1) is 7.27. The molecule has 6 heteroatoms. The van der Waals surface area contributed by atoms with Gasteiger partial charge in [0.25, 0.3) is 5.56 Å².